The lowest BCUT2D eigenvalue weighted by Gasteiger charge is -2.05. The maximum absolute atomic E-state index is 9.35. The number of allylic oxidation sites excluding steroid dienone is 2. The average molecular weight is 260 g/mol. The van der Waals surface area contributed by atoms with Crippen molar-refractivity contribution in [1.82, 2.24) is 0 Å². The van der Waals surface area contributed by atoms with Crippen LogP contribution >= 0.6 is 0 Å². The van der Waals surface area contributed by atoms with Gasteiger partial charge in [-0.05, 0) is 35.4 Å². The second-order valence-electron chi connectivity index (χ2n) is 4.22. The molecule has 0 aliphatic rings. The molecule has 0 aliphatic heterocycles. The highest BCUT2D eigenvalue weighted by Crippen LogP contribution is 2.26. The van der Waals surface area contributed by atoms with E-state index in [1.54, 1.807) is 48.5 Å². The fourth-order valence-corrected chi connectivity index (χ4v) is 1.83. The van der Waals surface area contributed by atoms with E-state index in [1.165, 1.54) is 0 Å². The van der Waals surface area contributed by atoms with E-state index in [0.717, 1.165) is 0 Å². The second-order valence-corrected chi connectivity index (χ2v) is 4.22. The molecule has 96 valence electrons. The summed E-state index contributed by atoms with van der Waals surface area (Å²) < 4.78 is 0. The predicted molar refractivity (Wildman–Crippen MR) is 79.7 cm³/mol. The van der Waals surface area contributed by atoms with Crippen LogP contribution in [0.5, 0.6) is 0 Å². The molecule has 0 spiro atoms. The normalized spacial score (nSPS) is 11.1. The largest absolute Gasteiger partial charge is 0.399 e. The average Bonchev–Trinajstić information content (AvgIpc) is 2.47. The van der Waals surface area contributed by atoms with Crippen molar-refractivity contribution in [2.45, 2.75) is 0 Å². The standard InChI is InChI=1S/C16H12N4/c17-9-15(11-1-5-13(19)6-2-11)16(10-18)12-3-7-14(20)8-4-12/h1-8H,19-20H2/b16-15-. The zero-order chi connectivity index (χ0) is 14.5. The quantitative estimate of drug-likeness (QED) is 0.492. The van der Waals surface area contributed by atoms with Crippen molar-refractivity contribution < 1.29 is 0 Å². The van der Waals surface area contributed by atoms with Crippen LogP contribution in [0.15, 0.2) is 48.5 Å². The zero-order valence-electron chi connectivity index (χ0n) is 10.7. The summed E-state index contributed by atoms with van der Waals surface area (Å²) in [5.41, 5.74) is 14.4. The molecule has 0 unspecified atom stereocenters. The van der Waals surface area contributed by atoms with Gasteiger partial charge in [0.15, 0.2) is 0 Å². The number of nitriles is 2. The van der Waals surface area contributed by atoms with Crippen LogP contribution in [-0.4, -0.2) is 0 Å². The Bertz CT molecular complexity index is 661. The van der Waals surface area contributed by atoms with Crippen LogP contribution in [0.4, 0.5) is 11.4 Å². The van der Waals surface area contributed by atoms with E-state index in [9.17, 15) is 10.5 Å². The molecule has 4 N–H and O–H groups in total. The van der Waals surface area contributed by atoms with E-state index in [4.69, 9.17) is 11.5 Å². The number of nitrogens with two attached hydrogens (primary N) is 2. The minimum Gasteiger partial charge on any atom is -0.399 e. The molecule has 4 nitrogen and oxygen atoms in total. The molecular formula is C16H12N4. The van der Waals surface area contributed by atoms with E-state index in [1.807, 2.05) is 0 Å². The molecule has 2 aromatic rings. The maximum atomic E-state index is 9.35. The molecule has 0 heterocycles. The lowest BCUT2D eigenvalue weighted by Crippen LogP contribution is -1.92. The number of benzene rings is 2. The van der Waals surface area contributed by atoms with Crippen LogP contribution in [0.25, 0.3) is 11.1 Å². The van der Waals surface area contributed by atoms with Gasteiger partial charge in [0.25, 0.3) is 0 Å². The summed E-state index contributed by atoms with van der Waals surface area (Å²) in [5, 5.41) is 18.7. The topological polar surface area (TPSA) is 99.6 Å². The number of hydrogen-bond donors (Lipinski definition) is 2. The summed E-state index contributed by atoms with van der Waals surface area (Å²) in [6.07, 6.45) is 0. The van der Waals surface area contributed by atoms with Gasteiger partial charge in [-0.2, -0.15) is 10.5 Å². The van der Waals surface area contributed by atoms with E-state index < -0.39 is 0 Å². The van der Waals surface area contributed by atoms with Crippen molar-refractivity contribution in [2.24, 2.45) is 0 Å². The molecule has 0 radical (unpaired) electrons. The lowest BCUT2D eigenvalue weighted by molar-refractivity contribution is 1.50. The number of hydrogen-bond acceptors (Lipinski definition) is 4. The Hall–Kier alpha value is -3.24. The van der Waals surface area contributed by atoms with Gasteiger partial charge < -0.3 is 11.5 Å². The third-order valence-corrected chi connectivity index (χ3v) is 2.87. The number of nitrogen functional groups attached to an aromatic ring is 2. The third-order valence-electron chi connectivity index (χ3n) is 2.87. The van der Waals surface area contributed by atoms with Gasteiger partial charge in [-0.3, -0.25) is 0 Å². The monoisotopic (exact) mass is 260 g/mol. The van der Waals surface area contributed by atoms with Crippen LogP contribution in [-0.2, 0) is 0 Å². The Balaban J connectivity index is 2.60. The molecule has 4 heteroatoms. The first-order valence-electron chi connectivity index (χ1n) is 5.92. The first-order chi connectivity index (χ1) is 9.65. The minimum atomic E-state index is 0.317. The highest BCUT2D eigenvalue weighted by Gasteiger charge is 2.11. The summed E-state index contributed by atoms with van der Waals surface area (Å²) in [6.45, 7) is 0. The second kappa shape index (κ2) is 5.60. The highest BCUT2D eigenvalue weighted by atomic mass is 14.5. The van der Waals surface area contributed by atoms with Crippen molar-refractivity contribution in [3.63, 3.8) is 0 Å². The van der Waals surface area contributed by atoms with Crippen molar-refractivity contribution in [3.05, 3.63) is 59.7 Å². The predicted octanol–water partition coefficient (Wildman–Crippen LogP) is 2.81. The van der Waals surface area contributed by atoms with E-state index in [2.05, 4.69) is 12.1 Å². The van der Waals surface area contributed by atoms with Gasteiger partial charge >= 0.3 is 0 Å². The molecule has 20 heavy (non-hydrogen) atoms. The minimum absolute atomic E-state index is 0.317. The Morgan fingerprint density at radius 1 is 0.650 bits per heavy atom. The summed E-state index contributed by atoms with van der Waals surface area (Å²) in [5.74, 6) is 0. The Labute approximate surface area is 117 Å². The molecular weight excluding hydrogens is 248 g/mol. The van der Waals surface area contributed by atoms with Crippen molar-refractivity contribution in [3.8, 4) is 12.1 Å². The van der Waals surface area contributed by atoms with Gasteiger partial charge in [0.05, 0.1) is 11.1 Å². The molecule has 2 rings (SSSR count). The molecule has 0 atom stereocenters. The van der Waals surface area contributed by atoms with Gasteiger partial charge in [0.1, 0.15) is 12.1 Å². The first-order valence-corrected chi connectivity index (χ1v) is 5.92. The number of anilines is 2. The SMILES string of the molecule is N#C/C(=C(\C#N)c1ccc(N)cc1)c1ccc(N)cc1. The molecule has 2 aromatic carbocycles. The molecule has 0 bridgehead atoms. The molecule has 0 saturated carbocycles. The fraction of sp³-hybridized carbons (Fsp3) is 0. The van der Waals surface area contributed by atoms with Crippen LogP contribution in [0.1, 0.15) is 11.1 Å². The van der Waals surface area contributed by atoms with Gasteiger partial charge in [-0.25, -0.2) is 0 Å². The van der Waals surface area contributed by atoms with E-state index in [-0.39, 0.29) is 0 Å². The molecule has 0 fully saturated rings. The summed E-state index contributed by atoms with van der Waals surface area (Å²) in [6, 6.07) is 17.9. The number of nitrogens with zero attached hydrogens (tertiary/aromatic N) is 2. The summed E-state index contributed by atoms with van der Waals surface area (Å²) >= 11 is 0. The van der Waals surface area contributed by atoms with Crippen LogP contribution in [0.2, 0.25) is 0 Å². The summed E-state index contributed by atoms with van der Waals surface area (Å²) in [7, 11) is 0. The first kappa shape index (κ1) is 13.2. The van der Waals surface area contributed by atoms with Crippen LogP contribution < -0.4 is 11.5 Å². The van der Waals surface area contributed by atoms with E-state index >= 15 is 0 Å². The zero-order valence-corrected chi connectivity index (χ0v) is 10.7. The molecule has 0 aromatic heterocycles. The van der Waals surface area contributed by atoms with Crippen molar-refractivity contribution in [2.75, 3.05) is 11.5 Å². The van der Waals surface area contributed by atoms with Gasteiger partial charge in [0.2, 0.25) is 0 Å². The van der Waals surface area contributed by atoms with Crippen LogP contribution in [0.3, 0.4) is 0 Å². The third kappa shape index (κ3) is 2.60. The van der Waals surface area contributed by atoms with Gasteiger partial charge in [-0.1, -0.05) is 24.3 Å². The van der Waals surface area contributed by atoms with Gasteiger partial charge in [-0.15, -0.1) is 0 Å². The Morgan fingerprint density at radius 2 is 0.950 bits per heavy atom. The lowest BCUT2D eigenvalue weighted by atomic mass is 9.96. The Kier molecular flexibility index (Phi) is 3.70. The molecule has 0 aliphatic carbocycles. The van der Waals surface area contributed by atoms with Crippen molar-refractivity contribution in [1.29, 1.82) is 10.5 Å². The Morgan fingerprint density at radius 3 is 1.20 bits per heavy atom. The molecule has 0 amide bonds. The van der Waals surface area contributed by atoms with Crippen LogP contribution in [0, 0.1) is 22.7 Å². The number of rotatable bonds is 2. The van der Waals surface area contributed by atoms with Crippen molar-refractivity contribution >= 4 is 22.5 Å². The fourth-order valence-electron chi connectivity index (χ4n) is 1.83. The maximum Gasteiger partial charge on any atom is 0.101 e. The van der Waals surface area contributed by atoms with E-state index in [0.29, 0.717) is 33.6 Å². The smallest absolute Gasteiger partial charge is 0.101 e. The highest BCUT2D eigenvalue weighted by molar-refractivity contribution is 6.02. The van der Waals surface area contributed by atoms with Gasteiger partial charge in [0, 0.05) is 11.4 Å². The molecule has 0 saturated heterocycles. The summed E-state index contributed by atoms with van der Waals surface area (Å²) in [4.78, 5) is 0.